The molecule has 0 radical (unpaired) electrons. The third kappa shape index (κ3) is 4.48. The second-order valence-electron chi connectivity index (χ2n) is 4.95. The SMILES string of the molecule is COc1ccc(NC(=O)c2ccccc2NC(=O)CC#N)cc1OC. The number of nitriles is 1. The Bertz CT molecular complexity index is 827. The van der Waals surface area contributed by atoms with Crippen LogP contribution in [-0.2, 0) is 4.79 Å². The summed E-state index contributed by atoms with van der Waals surface area (Å²) in [5, 5.41) is 13.9. The van der Waals surface area contributed by atoms with E-state index in [1.54, 1.807) is 48.5 Å². The number of hydrogen-bond acceptors (Lipinski definition) is 5. The van der Waals surface area contributed by atoms with E-state index in [1.165, 1.54) is 14.2 Å². The molecule has 128 valence electrons. The predicted octanol–water partition coefficient (Wildman–Crippen LogP) is 2.81. The zero-order valence-corrected chi connectivity index (χ0v) is 13.8. The molecular weight excluding hydrogens is 322 g/mol. The van der Waals surface area contributed by atoms with E-state index < -0.39 is 11.8 Å². The molecule has 2 amide bonds. The molecular formula is C18H17N3O4. The summed E-state index contributed by atoms with van der Waals surface area (Å²) < 4.78 is 10.4. The van der Waals surface area contributed by atoms with Gasteiger partial charge in [-0.15, -0.1) is 0 Å². The number of nitrogens with zero attached hydrogens (tertiary/aromatic N) is 1. The molecule has 0 saturated heterocycles. The van der Waals surface area contributed by atoms with Gasteiger partial charge in [-0.3, -0.25) is 9.59 Å². The number of carbonyl (C=O) groups excluding carboxylic acids is 2. The molecule has 2 N–H and O–H groups in total. The summed E-state index contributed by atoms with van der Waals surface area (Å²) in [5.41, 5.74) is 1.13. The van der Waals surface area contributed by atoms with Crippen LogP contribution in [0.15, 0.2) is 42.5 Å². The molecule has 7 nitrogen and oxygen atoms in total. The summed E-state index contributed by atoms with van der Waals surface area (Å²) in [6, 6.07) is 13.3. The molecule has 0 heterocycles. The normalized spacial score (nSPS) is 9.64. The maximum absolute atomic E-state index is 12.5. The fraction of sp³-hybridized carbons (Fsp3) is 0.167. The molecule has 2 aromatic rings. The summed E-state index contributed by atoms with van der Waals surface area (Å²) in [7, 11) is 3.03. The Hall–Kier alpha value is -3.53. The van der Waals surface area contributed by atoms with E-state index in [0.29, 0.717) is 22.9 Å². The van der Waals surface area contributed by atoms with Crippen molar-refractivity contribution in [3.05, 3.63) is 48.0 Å². The number of ether oxygens (including phenoxy) is 2. The predicted molar refractivity (Wildman–Crippen MR) is 92.8 cm³/mol. The van der Waals surface area contributed by atoms with Gasteiger partial charge in [0.15, 0.2) is 11.5 Å². The van der Waals surface area contributed by atoms with E-state index >= 15 is 0 Å². The van der Waals surface area contributed by atoms with Crippen molar-refractivity contribution in [3.8, 4) is 17.6 Å². The quantitative estimate of drug-likeness (QED) is 0.843. The van der Waals surface area contributed by atoms with E-state index in [-0.39, 0.29) is 12.0 Å². The van der Waals surface area contributed by atoms with Gasteiger partial charge in [-0.1, -0.05) is 12.1 Å². The summed E-state index contributed by atoms with van der Waals surface area (Å²) in [4.78, 5) is 24.1. The number of amides is 2. The van der Waals surface area contributed by atoms with Crippen LogP contribution in [0.25, 0.3) is 0 Å². The third-order valence-electron chi connectivity index (χ3n) is 3.33. The number of methoxy groups -OCH3 is 2. The van der Waals surface area contributed by atoms with Crippen LogP contribution in [0, 0.1) is 11.3 Å². The lowest BCUT2D eigenvalue weighted by molar-refractivity contribution is -0.115. The van der Waals surface area contributed by atoms with Crippen LogP contribution in [0.3, 0.4) is 0 Å². The van der Waals surface area contributed by atoms with Gasteiger partial charge in [-0.05, 0) is 24.3 Å². The van der Waals surface area contributed by atoms with Gasteiger partial charge < -0.3 is 20.1 Å². The van der Waals surface area contributed by atoms with E-state index in [4.69, 9.17) is 14.7 Å². The maximum Gasteiger partial charge on any atom is 0.257 e. The van der Waals surface area contributed by atoms with Crippen LogP contribution in [0.2, 0.25) is 0 Å². The lowest BCUT2D eigenvalue weighted by Crippen LogP contribution is -2.17. The molecule has 0 atom stereocenters. The third-order valence-corrected chi connectivity index (χ3v) is 3.33. The average molecular weight is 339 g/mol. The Morgan fingerprint density at radius 1 is 1.04 bits per heavy atom. The minimum absolute atomic E-state index is 0.281. The van der Waals surface area contributed by atoms with Crippen LogP contribution in [0.1, 0.15) is 16.8 Å². The Labute approximate surface area is 145 Å². The Morgan fingerprint density at radius 2 is 1.76 bits per heavy atom. The Balaban J connectivity index is 2.21. The molecule has 2 rings (SSSR count). The molecule has 0 bridgehead atoms. The number of nitrogens with one attached hydrogen (secondary N) is 2. The van der Waals surface area contributed by atoms with E-state index in [0.717, 1.165) is 0 Å². The standard InChI is InChI=1S/C18H17N3O4/c1-24-15-8-7-12(11-16(15)25-2)20-18(23)13-5-3-4-6-14(13)21-17(22)9-10-19/h3-8,11H,9H2,1-2H3,(H,20,23)(H,21,22). The second kappa shape index (κ2) is 8.36. The number of carbonyl (C=O) groups is 2. The molecule has 0 saturated carbocycles. The number of benzene rings is 2. The van der Waals surface area contributed by atoms with Gasteiger partial charge in [0.2, 0.25) is 5.91 Å². The lowest BCUT2D eigenvalue weighted by Gasteiger charge is -2.12. The van der Waals surface area contributed by atoms with Crippen LogP contribution in [0.4, 0.5) is 11.4 Å². The van der Waals surface area contributed by atoms with Gasteiger partial charge in [-0.25, -0.2) is 0 Å². The van der Waals surface area contributed by atoms with Crippen LogP contribution < -0.4 is 20.1 Å². The van der Waals surface area contributed by atoms with Gasteiger partial charge in [0, 0.05) is 11.8 Å². The Morgan fingerprint density at radius 3 is 2.44 bits per heavy atom. The van der Waals surface area contributed by atoms with E-state index in [2.05, 4.69) is 10.6 Å². The molecule has 0 spiro atoms. The number of anilines is 2. The number of hydrogen-bond donors (Lipinski definition) is 2. The van der Waals surface area contributed by atoms with Gasteiger partial charge in [0.1, 0.15) is 6.42 Å². The Kier molecular flexibility index (Phi) is 5.96. The van der Waals surface area contributed by atoms with E-state index in [1.807, 2.05) is 0 Å². The first kappa shape index (κ1) is 17.8. The van der Waals surface area contributed by atoms with Gasteiger partial charge in [0.25, 0.3) is 5.91 Å². The second-order valence-corrected chi connectivity index (χ2v) is 4.95. The first-order valence-electron chi connectivity index (χ1n) is 7.38. The van der Waals surface area contributed by atoms with Crippen molar-refractivity contribution in [2.45, 2.75) is 6.42 Å². The van der Waals surface area contributed by atoms with Crippen molar-refractivity contribution in [1.82, 2.24) is 0 Å². The molecule has 0 unspecified atom stereocenters. The molecule has 2 aromatic carbocycles. The maximum atomic E-state index is 12.5. The minimum Gasteiger partial charge on any atom is -0.493 e. The number of para-hydroxylation sites is 1. The van der Waals surface area contributed by atoms with E-state index in [9.17, 15) is 9.59 Å². The number of rotatable bonds is 6. The van der Waals surface area contributed by atoms with Crippen molar-refractivity contribution >= 4 is 23.2 Å². The molecule has 0 aliphatic rings. The molecule has 25 heavy (non-hydrogen) atoms. The van der Waals surface area contributed by atoms with Crippen LogP contribution in [-0.4, -0.2) is 26.0 Å². The fourth-order valence-electron chi connectivity index (χ4n) is 2.17. The highest BCUT2D eigenvalue weighted by Crippen LogP contribution is 2.30. The van der Waals surface area contributed by atoms with Crippen molar-refractivity contribution in [2.24, 2.45) is 0 Å². The smallest absolute Gasteiger partial charge is 0.257 e. The molecule has 7 heteroatoms. The summed E-state index contributed by atoms with van der Waals surface area (Å²) in [6.45, 7) is 0. The average Bonchev–Trinajstić information content (AvgIpc) is 2.62. The molecule has 0 aliphatic heterocycles. The minimum atomic E-state index is -0.478. The molecule has 0 aromatic heterocycles. The lowest BCUT2D eigenvalue weighted by atomic mass is 10.1. The summed E-state index contributed by atoms with van der Waals surface area (Å²) >= 11 is 0. The largest absolute Gasteiger partial charge is 0.493 e. The fourth-order valence-corrected chi connectivity index (χ4v) is 2.17. The first-order chi connectivity index (χ1) is 12.1. The van der Waals surface area contributed by atoms with Gasteiger partial charge >= 0.3 is 0 Å². The monoisotopic (exact) mass is 339 g/mol. The molecule has 0 aliphatic carbocycles. The highest BCUT2D eigenvalue weighted by molar-refractivity contribution is 6.10. The topological polar surface area (TPSA) is 100 Å². The van der Waals surface area contributed by atoms with Crippen molar-refractivity contribution in [3.63, 3.8) is 0 Å². The van der Waals surface area contributed by atoms with Gasteiger partial charge in [0.05, 0.1) is 31.5 Å². The zero-order chi connectivity index (χ0) is 18.2. The highest BCUT2D eigenvalue weighted by Gasteiger charge is 2.14. The van der Waals surface area contributed by atoms with Crippen molar-refractivity contribution in [1.29, 1.82) is 5.26 Å². The first-order valence-corrected chi connectivity index (χ1v) is 7.38. The van der Waals surface area contributed by atoms with Gasteiger partial charge in [-0.2, -0.15) is 5.26 Å². The zero-order valence-electron chi connectivity index (χ0n) is 13.8. The van der Waals surface area contributed by atoms with Crippen molar-refractivity contribution < 1.29 is 19.1 Å². The van der Waals surface area contributed by atoms with Crippen molar-refractivity contribution in [2.75, 3.05) is 24.9 Å². The van der Waals surface area contributed by atoms with Crippen LogP contribution in [0.5, 0.6) is 11.5 Å². The summed E-state index contributed by atoms with van der Waals surface area (Å²) in [6.07, 6.45) is -0.286. The summed E-state index contributed by atoms with van der Waals surface area (Å²) in [5.74, 6) is 0.148. The molecule has 0 fully saturated rings. The highest BCUT2D eigenvalue weighted by atomic mass is 16.5. The van der Waals surface area contributed by atoms with Crippen LogP contribution >= 0.6 is 0 Å².